The molecule has 0 saturated carbocycles. The van der Waals surface area contributed by atoms with Crippen LogP contribution in [0.5, 0.6) is 5.75 Å². The van der Waals surface area contributed by atoms with Crippen molar-refractivity contribution in [2.24, 2.45) is 0 Å². The van der Waals surface area contributed by atoms with Crippen LogP contribution in [-0.4, -0.2) is 15.7 Å². The highest BCUT2D eigenvalue weighted by Crippen LogP contribution is 2.22. The first-order valence-electron chi connectivity index (χ1n) is 8.33. The minimum absolute atomic E-state index is 0.231. The predicted octanol–water partition coefficient (Wildman–Crippen LogP) is 3.97. The molecule has 0 unspecified atom stereocenters. The van der Waals surface area contributed by atoms with Crippen molar-refractivity contribution in [1.29, 1.82) is 0 Å². The minimum Gasteiger partial charge on any atom is -0.486 e. The second-order valence-electron chi connectivity index (χ2n) is 5.81. The summed E-state index contributed by atoms with van der Waals surface area (Å²) < 4.78 is 13.0. The Bertz CT molecular complexity index is 901. The minimum atomic E-state index is -0.287. The van der Waals surface area contributed by atoms with E-state index in [1.165, 1.54) is 0 Å². The van der Waals surface area contributed by atoms with E-state index in [0.717, 1.165) is 17.8 Å². The quantitative estimate of drug-likeness (QED) is 0.680. The van der Waals surface area contributed by atoms with Crippen LogP contribution in [-0.2, 0) is 19.7 Å². The molecule has 2 heterocycles. The van der Waals surface area contributed by atoms with E-state index in [4.69, 9.17) is 20.8 Å². The van der Waals surface area contributed by atoms with Crippen molar-refractivity contribution in [3.8, 4) is 5.75 Å². The maximum atomic E-state index is 12.2. The largest absolute Gasteiger partial charge is 0.486 e. The van der Waals surface area contributed by atoms with Gasteiger partial charge in [-0.1, -0.05) is 11.6 Å². The Hall–Kier alpha value is -2.73. The van der Waals surface area contributed by atoms with Crippen LogP contribution in [0.15, 0.2) is 47.0 Å². The van der Waals surface area contributed by atoms with Gasteiger partial charge in [-0.2, -0.15) is 5.10 Å². The monoisotopic (exact) mass is 373 g/mol. The molecule has 1 aromatic carbocycles. The summed E-state index contributed by atoms with van der Waals surface area (Å²) in [5.41, 5.74) is 1.74. The smallest absolute Gasteiger partial charge is 0.287 e. The number of hydrogen-bond acceptors (Lipinski definition) is 4. The molecular formula is C19H20ClN3O3. The van der Waals surface area contributed by atoms with Crippen molar-refractivity contribution in [3.63, 3.8) is 0 Å². The molecule has 0 fully saturated rings. The highest BCUT2D eigenvalue weighted by molar-refractivity contribution is 6.31. The van der Waals surface area contributed by atoms with Gasteiger partial charge in [-0.05, 0) is 55.8 Å². The molecule has 0 saturated heterocycles. The van der Waals surface area contributed by atoms with Crippen LogP contribution in [0, 0.1) is 6.92 Å². The van der Waals surface area contributed by atoms with E-state index in [2.05, 4.69) is 10.4 Å². The zero-order valence-electron chi connectivity index (χ0n) is 14.7. The topological polar surface area (TPSA) is 69.3 Å². The molecule has 0 spiro atoms. The number of hydrogen-bond donors (Lipinski definition) is 1. The normalized spacial score (nSPS) is 10.7. The Morgan fingerprint density at radius 2 is 2.15 bits per heavy atom. The van der Waals surface area contributed by atoms with Crippen LogP contribution in [0.25, 0.3) is 0 Å². The van der Waals surface area contributed by atoms with Gasteiger partial charge in [-0.3, -0.25) is 9.48 Å². The van der Waals surface area contributed by atoms with E-state index >= 15 is 0 Å². The molecule has 0 aliphatic carbocycles. The molecule has 0 atom stereocenters. The van der Waals surface area contributed by atoms with Gasteiger partial charge in [-0.15, -0.1) is 0 Å². The predicted molar refractivity (Wildman–Crippen MR) is 98.3 cm³/mol. The zero-order valence-corrected chi connectivity index (χ0v) is 15.4. The van der Waals surface area contributed by atoms with E-state index in [1.54, 1.807) is 24.3 Å². The van der Waals surface area contributed by atoms with Crippen LogP contribution in [0.2, 0.25) is 5.02 Å². The highest BCUT2D eigenvalue weighted by atomic mass is 35.5. The first-order valence-corrected chi connectivity index (χ1v) is 8.71. The standard InChI is InChI=1S/C19H20ClN3O3/c1-3-23-9-8-14(22-23)11-21-19(24)18-7-5-16(26-18)12-25-15-4-6-17(20)13(2)10-15/h4-10H,3,11-12H2,1-2H3,(H,21,24). The molecule has 0 aliphatic heterocycles. The summed E-state index contributed by atoms with van der Waals surface area (Å²) in [4.78, 5) is 12.2. The van der Waals surface area contributed by atoms with E-state index in [-0.39, 0.29) is 18.3 Å². The molecule has 0 bridgehead atoms. The number of aryl methyl sites for hydroxylation is 2. The molecule has 7 heteroatoms. The molecule has 6 nitrogen and oxygen atoms in total. The molecule has 1 amide bonds. The third-order valence-electron chi connectivity index (χ3n) is 3.85. The maximum absolute atomic E-state index is 12.2. The number of furan rings is 1. The van der Waals surface area contributed by atoms with Crippen molar-refractivity contribution >= 4 is 17.5 Å². The highest BCUT2D eigenvalue weighted by Gasteiger charge is 2.12. The number of rotatable bonds is 7. The Morgan fingerprint density at radius 3 is 2.88 bits per heavy atom. The van der Waals surface area contributed by atoms with E-state index in [9.17, 15) is 4.79 Å². The molecule has 3 aromatic rings. The summed E-state index contributed by atoms with van der Waals surface area (Å²) in [6.07, 6.45) is 1.88. The Morgan fingerprint density at radius 1 is 1.31 bits per heavy atom. The summed E-state index contributed by atoms with van der Waals surface area (Å²) >= 11 is 6.00. The summed E-state index contributed by atoms with van der Waals surface area (Å²) in [6, 6.07) is 10.7. The number of ether oxygens (including phenoxy) is 1. The van der Waals surface area contributed by atoms with E-state index in [1.807, 2.05) is 36.9 Å². The van der Waals surface area contributed by atoms with Crippen LogP contribution < -0.4 is 10.1 Å². The van der Waals surface area contributed by atoms with Crippen molar-refractivity contribution in [2.75, 3.05) is 0 Å². The fourth-order valence-electron chi connectivity index (χ4n) is 2.37. The number of carbonyl (C=O) groups excluding carboxylic acids is 1. The Labute approximate surface area is 156 Å². The molecule has 0 radical (unpaired) electrons. The maximum Gasteiger partial charge on any atom is 0.287 e. The molecular weight excluding hydrogens is 354 g/mol. The molecule has 0 aliphatic rings. The first kappa shape index (κ1) is 18.1. The number of amides is 1. The van der Waals surface area contributed by atoms with Gasteiger partial charge in [0.25, 0.3) is 5.91 Å². The van der Waals surface area contributed by atoms with Crippen molar-refractivity contribution in [1.82, 2.24) is 15.1 Å². The second kappa shape index (κ2) is 8.10. The van der Waals surface area contributed by atoms with Gasteiger partial charge in [0, 0.05) is 17.8 Å². The number of halogens is 1. The average molecular weight is 374 g/mol. The lowest BCUT2D eigenvalue weighted by molar-refractivity contribution is 0.0918. The number of nitrogens with one attached hydrogen (secondary N) is 1. The van der Waals surface area contributed by atoms with Crippen LogP contribution >= 0.6 is 11.6 Å². The number of benzene rings is 1. The summed E-state index contributed by atoms with van der Waals surface area (Å²) in [6.45, 7) is 5.29. The first-order chi connectivity index (χ1) is 12.5. The van der Waals surface area contributed by atoms with Gasteiger partial charge in [0.2, 0.25) is 0 Å². The summed E-state index contributed by atoms with van der Waals surface area (Å²) in [5.74, 6) is 1.22. The molecule has 3 rings (SSSR count). The van der Waals surface area contributed by atoms with Gasteiger partial charge in [0.1, 0.15) is 18.1 Å². The van der Waals surface area contributed by atoms with Crippen molar-refractivity contribution < 1.29 is 13.9 Å². The van der Waals surface area contributed by atoms with E-state index < -0.39 is 0 Å². The van der Waals surface area contributed by atoms with Crippen LogP contribution in [0.3, 0.4) is 0 Å². The fourth-order valence-corrected chi connectivity index (χ4v) is 2.49. The van der Waals surface area contributed by atoms with Crippen LogP contribution in [0.1, 0.15) is 34.5 Å². The lowest BCUT2D eigenvalue weighted by Crippen LogP contribution is -2.22. The summed E-state index contributed by atoms with van der Waals surface area (Å²) in [7, 11) is 0. The van der Waals surface area contributed by atoms with E-state index in [0.29, 0.717) is 23.1 Å². The third kappa shape index (κ3) is 4.46. The lowest BCUT2D eigenvalue weighted by atomic mass is 10.2. The number of aromatic nitrogens is 2. The van der Waals surface area contributed by atoms with Gasteiger partial charge in [0.15, 0.2) is 5.76 Å². The second-order valence-corrected chi connectivity index (χ2v) is 6.22. The van der Waals surface area contributed by atoms with Gasteiger partial charge in [0.05, 0.1) is 12.2 Å². The van der Waals surface area contributed by atoms with Gasteiger partial charge >= 0.3 is 0 Å². The third-order valence-corrected chi connectivity index (χ3v) is 4.27. The molecule has 26 heavy (non-hydrogen) atoms. The zero-order chi connectivity index (χ0) is 18.5. The van der Waals surface area contributed by atoms with Gasteiger partial charge in [-0.25, -0.2) is 0 Å². The molecule has 136 valence electrons. The fraction of sp³-hybridized carbons (Fsp3) is 0.263. The Balaban J connectivity index is 1.53. The van der Waals surface area contributed by atoms with Crippen molar-refractivity contribution in [3.05, 3.63) is 70.4 Å². The molecule has 1 N–H and O–H groups in total. The van der Waals surface area contributed by atoms with Crippen molar-refractivity contribution in [2.45, 2.75) is 33.5 Å². The van der Waals surface area contributed by atoms with Crippen LogP contribution in [0.4, 0.5) is 0 Å². The van der Waals surface area contributed by atoms with Gasteiger partial charge < -0.3 is 14.5 Å². The lowest BCUT2D eigenvalue weighted by Gasteiger charge is -2.06. The molecule has 2 aromatic heterocycles. The number of carbonyl (C=O) groups is 1. The average Bonchev–Trinajstić information content (AvgIpc) is 3.30. The summed E-state index contributed by atoms with van der Waals surface area (Å²) in [5, 5.41) is 7.80. The number of nitrogens with zero attached hydrogens (tertiary/aromatic N) is 2. The SMILES string of the molecule is CCn1ccc(CNC(=O)c2ccc(COc3ccc(Cl)c(C)c3)o2)n1. The Kier molecular flexibility index (Phi) is 5.63.